The molecule has 2 aromatic rings. The minimum atomic E-state index is -0.113. The van der Waals surface area contributed by atoms with E-state index >= 15 is 0 Å². The molecule has 108 valence electrons. The van der Waals surface area contributed by atoms with E-state index < -0.39 is 0 Å². The van der Waals surface area contributed by atoms with Crippen LogP contribution in [-0.2, 0) is 0 Å². The van der Waals surface area contributed by atoms with Crippen molar-refractivity contribution in [3.8, 4) is 11.3 Å². The quantitative estimate of drug-likeness (QED) is 0.917. The van der Waals surface area contributed by atoms with Crippen molar-refractivity contribution in [2.75, 3.05) is 18.8 Å². The SMILES string of the molecule is Nc1ncc(-c2ccccc2)nc1C(=O)N1CCCCC1. The number of rotatable bonds is 2. The molecule has 1 amide bonds. The average molecular weight is 282 g/mol. The number of amides is 1. The van der Waals surface area contributed by atoms with Crippen molar-refractivity contribution in [1.82, 2.24) is 14.9 Å². The lowest BCUT2D eigenvalue weighted by atomic mass is 10.1. The van der Waals surface area contributed by atoms with E-state index in [0.29, 0.717) is 5.69 Å². The Morgan fingerprint density at radius 2 is 1.81 bits per heavy atom. The minimum Gasteiger partial charge on any atom is -0.382 e. The highest BCUT2D eigenvalue weighted by Crippen LogP contribution is 2.20. The Labute approximate surface area is 123 Å². The second-order valence-corrected chi connectivity index (χ2v) is 5.21. The van der Waals surface area contributed by atoms with Gasteiger partial charge in [-0.05, 0) is 19.3 Å². The molecule has 0 spiro atoms. The third-order valence-corrected chi connectivity index (χ3v) is 3.72. The first-order valence-corrected chi connectivity index (χ1v) is 7.23. The highest BCUT2D eigenvalue weighted by molar-refractivity contribution is 5.96. The molecule has 0 unspecified atom stereocenters. The van der Waals surface area contributed by atoms with Crippen LogP contribution in [0.2, 0.25) is 0 Å². The lowest BCUT2D eigenvalue weighted by molar-refractivity contribution is 0.0719. The summed E-state index contributed by atoms with van der Waals surface area (Å²) in [5, 5.41) is 0. The molecule has 0 bridgehead atoms. The molecule has 0 saturated carbocycles. The van der Waals surface area contributed by atoms with Gasteiger partial charge in [-0.25, -0.2) is 9.97 Å². The van der Waals surface area contributed by atoms with Gasteiger partial charge < -0.3 is 10.6 Å². The molecular weight excluding hydrogens is 264 g/mol. The zero-order valence-electron chi connectivity index (χ0n) is 11.8. The van der Waals surface area contributed by atoms with E-state index in [1.807, 2.05) is 35.2 Å². The number of hydrogen-bond acceptors (Lipinski definition) is 4. The van der Waals surface area contributed by atoms with E-state index in [2.05, 4.69) is 9.97 Å². The monoisotopic (exact) mass is 282 g/mol. The number of piperidine rings is 1. The summed E-state index contributed by atoms with van der Waals surface area (Å²) < 4.78 is 0. The molecule has 0 atom stereocenters. The molecule has 21 heavy (non-hydrogen) atoms. The second-order valence-electron chi connectivity index (χ2n) is 5.21. The van der Waals surface area contributed by atoms with E-state index in [1.165, 1.54) is 6.42 Å². The Morgan fingerprint density at radius 3 is 2.52 bits per heavy atom. The van der Waals surface area contributed by atoms with Gasteiger partial charge in [-0.2, -0.15) is 0 Å². The Balaban J connectivity index is 1.93. The zero-order chi connectivity index (χ0) is 14.7. The molecule has 1 aliphatic heterocycles. The number of nitrogens with two attached hydrogens (primary N) is 1. The van der Waals surface area contributed by atoms with Gasteiger partial charge in [-0.15, -0.1) is 0 Å². The summed E-state index contributed by atoms with van der Waals surface area (Å²) in [6.45, 7) is 1.55. The largest absolute Gasteiger partial charge is 0.382 e. The first-order chi connectivity index (χ1) is 10.3. The highest BCUT2D eigenvalue weighted by atomic mass is 16.2. The summed E-state index contributed by atoms with van der Waals surface area (Å²) in [4.78, 5) is 22.9. The molecule has 3 rings (SSSR count). The first-order valence-electron chi connectivity index (χ1n) is 7.23. The van der Waals surface area contributed by atoms with Crippen LogP contribution in [0.15, 0.2) is 36.5 Å². The molecule has 0 radical (unpaired) electrons. The number of aromatic nitrogens is 2. The third-order valence-electron chi connectivity index (χ3n) is 3.72. The van der Waals surface area contributed by atoms with Gasteiger partial charge in [-0.3, -0.25) is 4.79 Å². The van der Waals surface area contributed by atoms with Gasteiger partial charge >= 0.3 is 0 Å². The summed E-state index contributed by atoms with van der Waals surface area (Å²) in [6.07, 6.45) is 4.86. The van der Waals surface area contributed by atoms with Crippen LogP contribution in [0.5, 0.6) is 0 Å². The highest BCUT2D eigenvalue weighted by Gasteiger charge is 2.22. The van der Waals surface area contributed by atoms with E-state index in [0.717, 1.165) is 31.5 Å². The van der Waals surface area contributed by atoms with Gasteiger partial charge in [0.05, 0.1) is 11.9 Å². The Hall–Kier alpha value is -2.43. The number of carbonyl (C=O) groups is 1. The number of carbonyl (C=O) groups excluding carboxylic acids is 1. The molecule has 1 aliphatic rings. The number of benzene rings is 1. The molecule has 2 N–H and O–H groups in total. The van der Waals surface area contributed by atoms with Crippen LogP contribution in [0.3, 0.4) is 0 Å². The van der Waals surface area contributed by atoms with Crippen LogP contribution in [0.4, 0.5) is 5.82 Å². The van der Waals surface area contributed by atoms with Crippen molar-refractivity contribution in [2.24, 2.45) is 0 Å². The van der Waals surface area contributed by atoms with Crippen LogP contribution in [0.1, 0.15) is 29.8 Å². The van der Waals surface area contributed by atoms with Gasteiger partial charge in [0.25, 0.3) is 5.91 Å². The third kappa shape index (κ3) is 2.86. The second kappa shape index (κ2) is 5.91. The maximum absolute atomic E-state index is 12.5. The fourth-order valence-electron chi connectivity index (χ4n) is 2.55. The summed E-state index contributed by atoms with van der Waals surface area (Å²) in [7, 11) is 0. The van der Waals surface area contributed by atoms with Gasteiger partial charge in [0.1, 0.15) is 0 Å². The molecule has 5 nitrogen and oxygen atoms in total. The standard InChI is InChI=1S/C16H18N4O/c17-15-14(16(21)20-9-5-2-6-10-20)19-13(11-18-15)12-7-3-1-4-8-12/h1,3-4,7-8,11H,2,5-6,9-10H2,(H2,17,18). The van der Waals surface area contributed by atoms with Crippen LogP contribution < -0.4 is 5.73 Å². The summed E-state index contributed by atoms with van der Waals surface area (Å²) in [5.74, 6) is 0.0859. The normalized spacial score (nSPS) is 15.0. The molecule has 0 aliphatic carbocycles. The van der Waals surface area contributed by atoms with Gasteiger partial charge in [0.15, 0.2) is 11.5 Å². The van der Waals surface area contributed by atoms with Crippen LogP contribution in [-0.4, -0.2) is 33.9 Å². The summed E-state index contributed by atoms with van der Waals surface area (Å²) >= 11 is 0. The molecule has 1 fully saturated rings. The van der Waals surface area contributed by atoms with E-state index in [9.17, 15) is 4.79 Å². The maximum atomic E-state index is 12.5. The lowest BCUT2D eigenvalue weighted by Gasteiger charge is -2.26. The number of hydrogen-bond donors (Lipinski definition) is 1. The molecular formula is C16H18N4O. The number of anilines is 1. The van der Waals surface area contributed by atoms with Gasteiger partial charge in [0.2, 0.25) is 0 Å². The number of nitrogen functional groups attached to an aromatic ring is 1. The lowest BCUT2D eigenvalue weighted by Crippen LogP contribution is -2.36. The minimum absolute atomic E-state index is 0.113. The topological polar surface area (TPSA) is 72.1 Å². The molecule has 1 aromatic heterocycles. The molecule has 5 heteroatoms. The smallest absolute Gasteiger partial charge is 0.276 e. The van der Waals surface area contributed by atoms with Crippen molar-refractivity contribution in [3.05, 3.63) is 42.2 Å². The fourth-order valence-corrected chi connectivity index (χ4v) is 2.55. The van der Waals surface area contributed by atoms with Crippen LogP contribution >= 0.6 is 0 Å². The summed E-state index contributed by atoms with van der Waals surface area (Å²) in [5.41, 5.74) is 7.72. The van der Waals surface area contributed by atoms with Crippen molar-refractivity contribution in [3.63, 3.8) is 0 Å². The Kier molecular flexibility index (Phi) is 3.81. The first kappa shape index (κ1) is 13.5. The molecule has 1 saturated heterocycles. The average Bonchev–Trinajstić information content (AvgIpc) is 2.56. The van der Waals surface area contributed by atoms with Crippen molar-refractivity contribution in [2.45, 2.75) is 19.3 Å². The van der Waals surface area contributed by atoms with Crippen molar-refractivity contribution in [1.29, 1.82) is 0 Å². The van der Waals surface area contributed by atoms with Gasteiger partial charge in [0, 0.05) is 18.7 Å². The van der Waals surface area contributed by atoms with E-state index in [1.54, 1.807) is 6.20 Å². The predicted octanol–water partition coefficient (Wildman–Crippen LogP) is 2.35. The molecule has 1 aromatic carbocycles. The fraction of sp³-hybridized carbons (Fsp3) is 0.312. The number of nitrogens with zero attached hydrogens (tertiary/aromatic N) is 3. The zero-order valence-corrected chi connectivity index (χ0v) is 11.8. The van der Waals surface area contributed by atoms with Crippen molar-refractivity contribution >= 4 is 11.7 Å². The van der Waals surface area contributed by atoms with Crippen LogP contribution in [0.25, 0.3) is 11.3 Å². The van der Waals surface area contributed by atoms with E-state index in [-0.39, 0.29) is 17.4 Å². The maximum Gasteiger partial charge on any atom is 0.276 e. The Bertz CT molecular complexity index is 636. The van der Waals surface area contributed by atoms with Crippen LogP contribution in [0, 0.1) is 0 Å². The summed E-state index contributed by atoms with van der Waals surface area (Å²) in [6, 6.07) is 9.68. The molecule has 2 heterocycles. The predicted molar refractivity (Wildman–Crippen MR) is 81.6 cm³/mol. The number of likely N-dealkylation sites (tertiary alicyclic amines) is 1. The van der Waals surface area contributed by atoms with E-state index in [4.69, 9.17) is 5.73 Å². The Morgan fingerprint density at radius 1 is 1.10 bits per heavy atom. The van der Waals surface area contributed by atoms with Gasteiger partial charge in [-0.1, -0.05) is 30.3 Å². The van der Waals surface area contributed by atoms with Crippen molar-refractivity contribution < 1.29 is 4.79 Å².